The molecule has 0 aliphatic carbocycles. The molecular weight excluding hydrogens is 331 g/mol. The van der Waals surface area contributed by atoms with Gasteiger partial charge in [0, 0.05) is 35.3 Å². The molecule has 1 heterocycles. The zero-order valence-corrected chi connectivity index (χ0v) is 12.8. The van der Waals surface area contributed by atoms with Crippen molar-refractivity contribution >= 4 is 27.3 Å². The predicted molar refractivity (Wildman–Crippen MR) is 77.9 cm³/mol. The second kappa shape index (κ2) is 7.09. The van der Waals surface area contributed by atoms with Gasteiger partial charge in [0.2, 0.25) is 0 Å². The van der Waals surface area contributed by atoms with Crippen molar-refractivity contribution in [3.8, 4) is 0 Å². The third-order valence-electron chi connectivity index (χ3n) is 2.62. The van der Waals surface area contributed by atoms with Crippen LogP contribution < -0.4 is 5.32 Å². The first-order valence-electron chi connectivity index (χ1n) is 5.79. The molecule has 6 heteroatoms. The van der Waals surface area contributed by atoms with Gasteiger partial charge >= 0.3 is 0 Å². The average Bonchev–Trinajstić information content (AvgIpc) is 2.92. The molecule has 19 heavy (non-hydrogen) atoms. The van der Waals surface area contributed by atoms with E-state index in [2.05, 4.69) is 26.2 Å². The SMILES string of the molecule is COCCNC(c1nccs1)c1cc(Br)ccc1F. The number of halogens is 2. The topological polar surface area (TPSA) is 34.1 Å². The lowest BCUT2D eigenvalue weighted by Gasteiger charge is -2.17. The number of methoxy groups -OCH3 is 1. The second-order valence-electron chi connectivity index (χ2n) is 3.92. The van der Waals surface area contributed by atoms with Crippen LogP contribution in [0.3, 0.4) is 0 Å². The molecular formula is C13H14BrFN2OS. The lowest BCUT2D eigenvalue weighted by Crippen LogP contribution is -2.26. The molecule has 3 nitrogen and oxygen atoms in total. The molecule has 0 saturated heterocycles. The van der Waals surface area contributed by atoms with Gasteiger partial charge in [-0.2, -0.15) is 0 Å². The van der Waals surface area contributed by atoms with Crippen LogP contribution in [0.5, 0.6) is 0 Å². The maximum atomic E-state index is 14.0. The lowest BCUT2D eigenvalue weighted by atomic mass is 10.1. The fraction of sp³-hybridized carbons (Fsp3) is 0.308. The molecule has 0 aliphatic heterocycles. The Bertz CT molecular complexity index is 521. The molecule has 1 aromatic carbocycles. The molecule has 1 atom stereocenters. The van der Waals surface area contributed by atoms with Gasteiger partial charge in [0.25, 0.3) is 0 Å². The molecule has 2 rings (SSSR count). The van der Waals surface area contributed by atoms with E-state index in [4.69, 9.17) is 4.74 Å². The summed E-state index contributed by atoms with van der Waals surface area (Å²) in [4.78, 5) is 4.28. The minimum atomic E-state index is -0.257. The molecule has 1 unspecified atom stereocenters. The molecule has 1 N–H and O–H groups in total. The van der Waals surface area contributed by atoms with Gasteiger partial charge in [-0.3, -0.25) is 0 Å². The van der Waals surface area contributed by atoms with Gasteiger partial charge in [0.05, 0.1) is 12.6 Å². The van der Waals surface area contributed by atoms with E-state index < -0.39 is 0 Å². The van der Waals surface area contributed by atoms with Crippen LogP contribution >= 0.6 is 27.3 Å². The zero-order chi connectivity index (χ0) is 13.7. The van der Waals surface area contributed by atoms with Crippen molar-refractivity contribution in [2.45, 2.75) is 6.04 Å². The summed E-state index contributed by atoms with van der Waals surface area (Å²) in [6, 6.07) is 4.67. The summed E-state index contributed by atoms with van der Waals surface area (Å²) in [6.45, 7) is 1.20. The van der Waals surface area contributed by atoms with Crippen LogP contribution in [0.4, 0.5) is 4.39 Å². The fourth-order valence-electron chi connectivity index (χ4n) is 1.75. The Morgan fingerprint density at radius 3 is 3.05 bits per heavy atom. The number of nitrogens with zero attached hydrogens (tertiary/aromatic N) is 1. The standard InChI is InChI=1S/C13H14BrFN2OS/c1-18-6-4-16-12(13-17-5-7-19-13)10-8-9(14)2-3-11(10)15/h2-3,5,7-8,12,16H,4,6H2,1H3. The van der Waals surface area contributed by atoms with Gasteiger partial charge in [-0.25, -0.2) is 9.37 Å². The highest BCUT2D eigenvalue weighted by molar-refractivity contribution is 9.10. The van der Waals surface area contributed by atoms with E-state index in [0.717, 1.165) is 9.48 Å². The number of benzene rings is 1. The summed E-state index contributed by atoms with van der Waals surface area (Å²) in [5.74, 6) is -0.242. The molecule has 0 amide bonds. The number of hydrogen-bond acceptors (Lipinski definition) is 4. The number of ether oxygens (including phenoxy) is 1. The van der Waals surface area contributed by atoms with Crippen molar-refractivity contribution in [1.82, 2.24) is 10.3 Å². The normalized spacial score (nSPS) is 12.6. The summed E-state index contributed by atoms with van der Waals surface area (Å²) in [5, 5.41) is 6.00. The Hall–Kier alpha value is -0.820. The van der Waals surface area contributed by atoms with Crippen LogP contribution in [0.1, 0.15) is 16.6 Å². The first kappa shape index (κ1) is 14.6. The van der Waals surface area contributed by atoms with Crippen molar-refractivity contribution in [2.75, 3.05) is 20.3 Å². The van der Waals surface area contributed by atoms with E-state index in [9.17, 15) is 4.39 Å². The van der Waals surface area contributed by atoms with Crippen molar-refractivity contribution in [2.24, 2.45) is 0 Å². The molecule has 0 spiro atoms. The molecule has 0 bridgehead atoms. The van der Waals surface area contributed by atoms with Crippen molar-refractivity contribution in [3.63, 3.8) is 0 Å². The third-order valence-corrected chi connectivity index (χ3v) is 3.96. The van der Waals surface area contributed by atoms with E-state index in [1.54, 1.807) is 25.4 Å². The van der Waals surface area contributed by atoms with Gasteiger partial charge in [-0.05, 0) is 18.2 Å². The molecule has 0 aliphatic rings. The Balaban J connectivity index is 2.28. The van der Waals surface area contributed by atoms with Crippen LogP contribution in [0, 0.1) is 5.82 Å². The highest BCUT2D eigenvalue weighted by Crippen LogP contribution is 2.28. The van der Waals surface area contributed by atoms with Gasteiger partial charge in [0.15, 0.2) is 0 Å². The first-order chi connectivity index (χ1) is 9.22. The number of nitrogens with one attached hydrogen (secondary N) is 1. The number of aromatic nitrogens is 1. The van der Waals surface area contributed by atoms with Crippen LogP contribution in [0.2, 0.25) is 0 Å². The molecule has 0 saturated carbocycles. The minimum Gasteiger partial charge on any atom is -0.383 e. The van der Waals surface area contributed by atoms with E-state index in [1.165, 1.54) is 17.4 Å². The smallest absolute Gasteiger partial charge is 0.128 e. The third kappa shape index (κ3) is 3.82. The van der Waals surface area contributed by atoms with Crippen molar-refractivity contribution < 1.29 is 9.13 Å². The predicted octanol–water partition coefficient (Wildman–Crippen LogP) is 3.37. The van der Waals surface area contributed by atoms with Crippen LogP contribution in [0.25, 0.3) is 0 Å². The van der Waals surface area contributed by atoms with Crippen molar-refractivity contribution in [3.05, 3.63) is 50.6 Å². The van der Waals surface area contributed by atoms with Gasteiger partial charge in [-0.15, -0.1) is 11.3 Å². The second-order valence-corrected chi connectivity index (χ2v) is 5.76. The van der Waals surface area contributed by atoms with E-state index in [-0.39, 0.29) is 11.9 Å². The fourth-order valence-corrected chi connectivity index (χ4v) is 2.86. The van der Waals surface area contributed by atoms with Crippen molar-refractivity contribution in [1.29, 1.82) is 0 Å². The maximum Gasteiger partial charge on any atom is 0.128 e. The summed E-state index contributed by atoms with van der Waals surface area (Å²) >= 11 is 4.88. The van der Waals surface area contributed by atoms with Crippen LogP contribution in [-0.2, 0) is 4.74 Å². The Morgan fingerprint density at radius 2 is 2.37 bits per heavy atom. The van der Waals surface area contributed by atoms with E-state index >= 15 is 0 Å². The van der Waals surface area contributed by atoms with E-state index in [1.807, 2.05) is 5.38 Å². The molecule has 102 valence electrons. The summed E-state index contributed by atoms with van der Waals surface area (Å²) in [6.07, 6.45) is 1.72. The van der Waals surface area contributed by atoms with Crippen LogP contribution in [0.15, 0.2) is 34.2 Å². The molecule has 2 aromatic rings. The minimum absolute atomic E-state index is 0.242. The van der Waals surface area contributed by atoms with Crippen LogP contribution in [-0.4, -0.2) is 25.2 Å². The number of thiazole rings is 1. The van der Waals surface area contributed by atoms with E-state index in [0.29, 0.717) is 18.7 Å². The first-order valence-corrected chi connectivity index (χ1v) is 7.46. The lowest BCUT2D eigenvalue weighted by molar-refractivity contribution is 0.197. The number of rotatable bonds is 6. The Labute approximate surface area is 124 Å². The zero-order valence-electron chi connectivity index (χ0n) is 10.4. The molecule has 1 aromatic heterocycles. The Morgan fingerprint density at radius 1 is 1.53 bits per heavy atom. The van der Waals surface area contributed by atoms with Gasteiger partial charge in [0.1, 0.15) is 10.8 Å². The maximum absolute atomic E-state index is 14.0. The monoisotopic (exact) mass is 344 g/mol. The summed E-state index contributed by atoms with van der Waals surface area (Å²) in [5.41, 5.74) is 0.584. The Kier molecular flexibility index (Phi) is 5.45. The molecule has 0 radical (unpaired) electrons. The quantitative estimate of drug-likeness (QED) is 0.815. The average molecular weight is 345 g/mol. The largest absolute Gasteiger partial charge is 0.383 e. The molecule has 0 fully saturated rings. The highest BCUT2D eigenvalue weighted by Gasteiger charge is 2.19. The van der Waals surface area contributed by atoms with Gasteiger partial charge < -0.3 is 10.1 Å². The summed E-state index contributed by atoms with van der Waals surface area (Å²) < 4.78 is 19.9. The highest BCUT2D eigenvalue weighted by atomic mass is 79.9. The van der Waals surface area contributed by atoms with Gasteiger partial charge in [-0.1, -0.05) is 15.9 Å². The summed E-state index contributed by atoms with van der Waals surface area (Å²) in [7, 11) is 1.64. The number of hydrogen-bond donors (Lipinski definition) is 1.